The second-order valence-corrected chi connectivity index (χ2v) is 11.3. The average molecular weight is 512 g/mol. The van der Waals surface area contributed by atoms with Crippen LogP contribution in [0.25, 0.3) is 0 Å². The summed E-state index contributed by atoms with van der Waals surface area (Å²) in [5.41, 5.74) is 8.52. The Hall–Kier alpha value is -3.77. The Balaban J connectivity index is 1.72. The number of sulfone groups is 1. The third-order valence-corrected chi connectivity index (χ3v) is 8.17. The topological polar surface area (TPSA) is 152 Å². The number of hydrogen-bond donors (Lipinski definition) is 3. The number of aromatic nitrogens is 3. The summed E-state index contributed by atoms with van der Waals surface area (Å²) in [5, 5.41) is 13.3. The predicted molar refractivity (Wildman–Crippen MR) is 137 cm³/mol. The van der Waals surface area contributed by atoms with E-state index in [0.717, 1.165) is 19.5 Å². The number of para-hydroxylation sites is 1. The van der Waals surface area contributed by atoms with Crippen molar-refractivity contribution in [2.24, 2.45) is 5.73 Å². The first-order chi connectivity index (χ1) is 17.1. The molecule has 1 amide bonds. The lowest BCUT2D eigenvalue weighted by Crippen LogP contribution is -2.26. The largest absolute Gasteiger partial charge is 0.495 e. The molecule has 0 spiro atoms. The molecule has 1 aliphatic heterocycles. The lowest BCUT2D eigenvalue weighted by Gasteiger charge is -2.26. The number of fused-ring (bicyclic) bond motifs is 1. The number of nitrogens with two attached hydrogens (primary N) is 1. The molecule has 0 atom stereocenters. The Morgan fingerprint density at radius 1 is 1.11 bits per heavy atom. The zero-order chi connectivity index (χ0) is 26.0. The number of amides is 1. The predicted octanol–water partition coefficient (Wildman–Crippen LogP) is 2.64. The minimum atomic E-state index is -3.62. The molecule has 3 aromatic rings. The van der Waals surface area contributed by atoms with Crippen LogP contribution in [-0.2, 0) is 22.8 Å². The fourth-order valence-electron chi connectivity index (χ4n) is 3.95. The molecular formula is C24H29N7O4S. The Labute approximate surface area is 210 Å². The third kappa shape index (κ3) is 5.09. The van der Waals surface area contributed by atoms with Crippen LogP contribution in [0.5, 0.6) is 5.75 Å². The quantitative estimate of drug-likeness (QED) is 0.411. The van der Waals surface area contributed by atoms with E-state index >= 15 is 0 Å². The second-order valence-electron chi connectivity index (χ2n) is 8.85. The van der Waals surface area contributed by atoms with Crippen LogP contribution in [0, 0.1) is 0 Å². The van der Waals surface area contributed by atoms with E-state index in [1.165, 1.54) is 17.2 Å². The Kier molecular flexibility index (Phi) is 7.09. The van der Waals surface area contributed by atoms with Gasteiger partial charge in [0.15, 0.2) is 21.3 Å². The van der Waals surface area contributed by atoms with Crippen molar-refractivity contribution in [3.63, 3.8) is 0 Å². The monoisotopic (exact) mass is 511 g/mol. The first-order valence-corrected chi connectivity index (χ1v) is 12.9. The summed E-state index contributed by atoms with van der Waals surface area (Å²) in [5.74, 6) is -0.193. The summed E-state index contributed by atoms with van der Waals surface area (Å²) in [4.78, 5) is 18.7. The number of primary amides is 1. The molecule has 0 saturated heterocycles. The molecule has 4 rings (SSSR count). The number of carbonyl (C=O) groups excluding carboxylic acids is 1. The number of hydrogen-bond acceptors (Lipinski definition) is 10. The van der Waals surface area contributed by atoms with Gasteiger partial charge in [0.2, 0.25) is 5.95 Å². The van der Waals surface area contributed by atoms with Crippen molar-refractivity contribution in [2.75, 3.05) is 31.3 Å². The van der Waals surface area contributed by atoms with E-state index in [9.17, 15) is 13.2 Å². The molecule has 0 aliphatic carbocycles. The van der Waals surface area contributed by atoms with Gasteiger partial charge in [-0.1, -0.05) is 12.1 Å². The maximum absolute atomic E-state index is 12.9. The van der Waals surface area contributed by atoms with Crippen LogP contribution in [0.2, 0.25) is 0 Å². The maximum Gasteiger partial charge on any atom is 0.273 e. The van der Waals surface area contributed by atoms with Crippen LogP contribution >= 0.6 is 0 Å². The summed E-state index contributed by atoms with van der Waals surface area (Å²) >= 11 is 0. The van der Waals surface area contributed by atoms with Gasteiger partial charge < -0.3 is 26.0 Å². The van der Waals surface area contributed by atoms with Gasteiger partial charge in [-0.3, -0.25) is 4.79 Å². The summed E-state index contributed by atoms with van der Waals surface area (Å²) in [7, 11) is 0.0278. The highest BCUT2D eigenvalue weighted by molar-refractivity contribution is 7.92. The molecule has 11 nitrogen and oxygen atoms in total. The van der Waals surface area contributed by atoms with Gasteiger partial charge in [-0.15, -0.1) is 10.2 Å². The van der Waals surface area contributed by atoms with E-state index in [1.54, 1.807) is 39.2 Å². The SMILES string of the molecule is COc1cc2c(cc1Nc1nnc(C(N)=O)c(Nc3ccccc3S(=O)(=O)C(C)C)n1)CCN(C)C2. The van der Waals surface area contributed by atoms with Crippen LogP contribution in [0.4, 0.5) is 23.1 Å². The van der Waals surface area contributed by atoms with Crippen molar-refractivity contribution in [2.45, 2.75) is 37.0 Å². The highest BCUT2D eigenvalue weighted by Gasteiger charge is 2.24. The van der Waals surface area contributed by atoms with Crippen LogP contribution in [0.3, 0.4) is 0 Å². The minimum absolute atomic E-state index is 0.0232. The van der Waals surface area contributed by atoms with Crippen molar-refractivity contribution in [3.8, 4) is 5.75 Å². The van der Waals surface area contributed by atoms with Gasteiger partial charge in [-0.25, -0.2) is 8.42 Å². The summed E-state index contributed by atoms with van der Waals surface area (Å²) in [6.45, 7) is 4.96. The van der Waals surface area contributed by atoms with E-state index in [4.69, 9.17) is 10.5 Å². The molecule has 0 radical (unpaired) electrons. The molecule has 1 aliphatic rings. The van der Waals surface area contributed by atoms with Crippen molar-refractivity contribution in [1.29, 1.82) is 0 Å². The summed E-state index contributed by atoms with van der Waals surface area (Å²) < 4.78 is 31.3. The fraction of sp³-hybridized carbons (Fsp3) is 0.333. The maximum atomic E-state index is 12.9. The smallest absolute Gasteiger partial charge is 0.273 e. The number of nitrogens with one attached hydrogen (secondary N) is 2. The van der Waals surface area contributed by atoms with Gasteiger partial charge in [0.05, 0.1) is 28.6 Å². The Morgan fingerprint density at radius 3 is 2.56 bits per heavy atom. The molecule has 190 valence electrons. The molecule has 1 aromatic heterocycles. The minimum Gasteiger partial charge on any atom is -0.495 e. The van der Waals surface area contributed by atoms with Crippen LogP contribution in [0.15, 0.2) is 41.3 Å². The van der Waals surface area contributed by atoms with Gasteiger partial charge in [-0.05, 0) is 62.7 Å². The number of likely N-dealkylation sites (N-methyl/N-ethyl adjacent to an activating group) is 1. The number of carbonyl (C=O) groups is 1. The molecule has 2 aromatic carbocycles. The van der Waals surface area contributed by atoms with E-state index in [0.29, 0.717) is 11.4 Å². The van der Waals surface area contributed by atoms with E-state index in [2.05, 4.69) is 37.8 Å². The van der Waals surface area contributed by atoms with Crippen molar-refractivity contribution >= 4 is 38.9 Å². The van der Waals surface area contributed by atoms with Gasteiger partial charge in [0.25, 0.3) is 5.91 Å². The van der Waals surface area contributed by atoms with Crippen LogP contribution in [-0.4, -0.2) is 60.4 Å². The summed E-state index contributed by atoms with van der Waals surface area (Å²) in [6, 6.07) is 10.3. The Morgan fingerprint density at radius 2 is 1.86 bits per heavy atom. The zero-order valence-electron chi connectivity index (χ0n) is 20.6. The molecule has 0 bridgehead atoms. The standard InChI is InChI=1S/C24H29N7O4S/c1-14(2)36(33,34)20-8-6-5-7-17(20)26-23-21(22(25)32)29-30-24(28-23)27-18-11-15-9-10-31(3)13-16(15)12-19(18)35-4/h5-8,11-12,14H,9-10,13H2,1-4H3,(H2,25,32)(H2,26,27,28,30). The number of nitrogens with zero attached hydrogens (tertiary/aromatic N) is 4. The average Bonchev–Trinajstić information content (AvgIpc) is 2.84. The molecule has 0 unspecified atom stereocenters. The molecule has 2 heterocycles. The van der Waals surface area contributed by atoms with Gasteiger partial charge in [0, 0.05) is 13.1 Å². The molecule has 0 saturated carbocycles. The molecule has 12 heteroatoms. The number of ether oxygens (including phenoxy) is 1. The molecule has 0 fully saturated rings. The normalized spacial score (nSPS) is 13.8. The summed E-state index contributed by atoms with van der Waals surface area (Å²) in [6.07, 6.45) is 0.887. The van der Waals surface area contributed by atoms with Gasteiger partial charge >= 0.3 is 0 Å². The number of rotatable bonds is 8. The van der Waals surface area contributed by atoms with E-state index < -0.39 is 21.0 Å². The number of methoxy groups -OCH3 is 1. The van der Waals surface area contributed by atoms with Gasteiger partial charge in [-0.2, -0.15) is 4.98 Å². The van der Waals surface area contributed by atoms with Crippen LogP contribution < -0.4 is 21.1 Å². The van der Waals surface area contributed by atoms with Gasteiger partial charge in [0.1, 0.15) is 5.75 Å². The number of anilines is 4. The van der Waals surface area contributed by atoms with Crippen molar-refractivity contribution in [1.82, 2.24) is 20.1 Å². The number of benzene rings is 2. The van der Waals surface area contributed by atoms with E-state index in [-0.39, 0.29) is 28.0 Å². The Bertz CT molecular complexity index is 1410. The van der Waals surface area contributed by atoms with Crippen molar-refractivity contribution < 1.29 is 17.9 Å². The molecular weight excluding hydrogens is 482 g/mol. The first-order valence-electron chi connectivity index (χ1n) is 11.4. The first kappa shape index (κ1) is 25.3. The molecule has 4 N–H and O–H groups in total. The zero-order valence-corrected chi connectivity index (χ0v) is 21.4. The highest BCUT2D eigenvalue weighted by Crippen LogP contribution is 2.33. The lowest BCUT2D eigenvalue weighted by atomic mass is 9.99. The lowest BCUT2D eigenvalue weighted by molar-refractivity contribution is 0.0995. The highest BCUT2D eigenvalue weighted by atomic mass is 32.2. The van der Waals surface area contributed by atoms with E-state index in [1.807, 2.05) is 12.1 Å². The van der Waals surface area contributed by atoms with Crippen LogP contribution in [0.1, 0.15) is 35.5 Å². The van der Waals surface area contributed by atoms with Crippen molar-refractivity contribution in [3.05, 3.63) is 53.2 Å². The molecule has 36 heavy (non-hydrogen) atoms. The second kappa shape index (κ2) is 10.1. The fourth-order valence-corrected chi connectivity index (χ4v) is 5.15. The third-order valence-electron chi connectivity index (χ3n) is 5.96.